The van der Waals surface area contributed by atoms with Gasteiger partial charge in [0.25, 0.3) is 11.8 Å². The van der Waals surface area contributed by atoms with Crippen LogP contribution in [-0.2, 0) is 62.3 Å². The van der Waals surface area contributed by atoms with Crippen LogP contribution in [0.25, 0.3) is 20.9 Å². The Labute approximate surface area is 463 Å². The van der Waals surface area contributed by atoms with Crippen LogP contribution < -0.4 is 32.7 Å². The Kier molecular flexibility index (Phi) is 35.4. The molecule has 3 heterocycles. The first-order valence-electron chi connectivity index (χ1n) is 25.7. The molecular formula is C46H75N13O14S4. The number of aliphatic carboxylic acids is 1. The van der Waals surface area contributed by atoms with Crippen molar-refractivity contribution in [2.24, 2.45) is 21.7 Å². The van der Waals surface area contributed by atoms with Crippen LogP contribution in [0.4, 0.5) is 0 Å². The second-order valence-electron chi connectivity index (χ2n) is 18.7. The highest BCUT2D eigenvalue weighted by Gasteiger charge is 2.34. The van der Waals surface area contributed by atoms with E-state index in [1.54, 1.807) is 43.2 Å². The zero-order valence-electron chi connectivity index (χ0n) is 43.5. The molecule has 9 N–H and O–H groups in total. The third kappa shape index (κ3) is 33.7. The number of nitrogens with zero attached hydrogens (tertiary/aromatic N) is 7. The van der Waals surface area contributed by atoms with Gasteiger partial charge in [0, 0.05) is 109 Å². The van der Waals surface area contributed by atoms with E-state index in [1.165, 1.54) is 0 Å². The molecule has 0 radical (unpaired) electrons. The lowest BCUT2D eigenvalue weighted by Gasteiger charge is -2.21. The van der Waals surface area contributed by atoms with Crippen LogP contribution in [0.3, 0.4) is 0 Å². The molecule has 27 nitrogen and oxygen atoms in total. The summed E-state index contributed by atoms with van der Waals surface area (Å²) in [6.07, 6.45) is 7.77. The van der Waals surface area contributed by atoms with Crippen molar-refractivity contribution in [3.8, 4) is 0 Å². The van der Waals surface area contributed by atoms with Gasteiger partial charge in [-0.1, -0.05) is 66.2 Å². The Morgan fingerprint density at radius 1 is 0.571 bits per heavy atom. The van der Waals surface area contributed by atoms with Gasteiger partial charge in [-0.2, -0.15) is 0 Å². The molecule has 3 fully saturated rings. The van der Waals surface area contributed by atoms with Gasteiger partial charge in [0.15, 0.2) is 0 Å². The zero-order chi connectivity index (χ0) is 56.7. The molecule has 0 aromatic carbocycles. The number of carboxylic acids is 1. The SMILES string of the molecule is [N-]=[N+]=NCCCCCC(=O)N[C@H](COC(=O)CCC(=O)NCCCCC1(N)CSSC1)CC(=O)O.[N-]=[N+]=NCCCCCC(=O)N[C@H](COC(=O)CCC(=O)NCCCCC1(N)CSSC1)CC(=O)ON1C(=O)CCC1=O. The summed E-state index contributed by atoms with van der Waals surface area (Å²) in [6.45, 7) is 1.02. The van der Waals surface area contributed by atoms with Crippen molar-refractivity contribution in [1.29, 1.82) is 0 Å². The second-order valence-corrected chi connectivity index (χ2v) is 23.6. The van der Waals surface area contributed by atoms with Crippen LogP contribution in [0.1, 0.15) is 141 Å². The highest BCUT2D eigenvalue weighted by molar-refractivity contribution is 8.77. The van der Waals surface area contributed by atoms with Gasteiger partial charge in [-0.3, -0.25) is 43.2 Å². The first-order valence-corrected chi connectivity index (χ1v) is 30.6. The summed E-state index contributed by atoms with van der Waals surface area (Å²) in [5, 5.41) is 27.0. The van der Waals surface area contributed by atoms with E-state index >= 15 is 0 Å². The van der Waals surface area contributed by atoms with Crippen LogP contribution in [0.2, 0.25) is 0 Å². The molecule has 3 aliphatic rings. The fourth-order valence-electron chi connectivity index (χ4n) is 7.30. The molecule has 0 aromatic rings. The number of nitrogens with one attached hydrogen (secondary N) is 4. The lowest BCUT2D eigenvalue weighted by atomic mass is 9.98. The summed E-state index contributed by atoms with van der Waals surface area (Å²) in [5.74, 6) is -2.27. The molecular weight excluding hydrogens is 1090 g/mol. The summed E-state index contributed by atoms with van der Waals surface area (Å²) in [7, 11) is 7.14. The normalized spacial score (nSPS) is 15.8. The van der Waals surface area contributed by atoms with Gasteiger partial charge < -0.3 is 52.2 Å². The Bertz CT molecular complexity index is 2020. The van der Waals surface area contributed by atoms with E-state index in [0.29, 0.717) is 69.8 Å². The van der Waals surface area contributed by atoms with E-state index < -0.39 is 66.5 Å². The van der Waals surface area contributed by atoms with Gasteiger partial charge in [-0.05, 0) is 75.3 Å². The van der Waals surface area contributed by atoms with Crippen molar-refractivity contribution in [3.63, 3.8) is 0 Å². The van der Waals surface area contributed by atoms with Gasteiger partial charge in [0.2, 0.25) is 23.6 Å². The summed E-state index contributed by atoms with van der Waals surface area (Å²) >= 11 is 0. The van der Waals surface area contributed by atoms with Gasteiger partial charge >= 0.3 is 23.9 Å². The molecule has 0 bridgehead atoms. The number of carbonyl (C=O) groups is 10. The van der Waals surface area contributed by atoms with E-state index in [9.17, 15) is 47.9 Å². The van der Waals surface area contributed by atoms with Crippen molar-refractivity contribution in [1.82, 2.24) is 26.3 Å². The van der Waals surface area contributed by atoms with Crippen LogP contribution in [0, 0.1) is 0 Å². The highest BCUT2D eigenvalue weighted by Crippen LogP contribution is 2.39. The minimum Gasteiger partial charge on any atom is -0.481 e. The number of hydrogen-bond donors (Lipinski definition) is 7. The molecule has 3 saturated heterocycles. The number of ether oxygens (including phenoxy) is 2. The number of nitrogens with two attached hydrogens (primary N) is 2. The number of carboxylic acid groups (broad SMARTS) is 1. The fraction of sp³-hybridized carbons (Fsp3) is 0.783. The maximum atomic E-state index is 12.4. The molecule has 3 rings (SSSR count). The molecule has 3 aliphatic heterocycles. The predicted molar refractivity (Wildman–Crippen MR) is 291 cm³/mol. The average Bonchev–Trinajstić information content (AvgIpc) is 4.12. The van der Waals surface area contributed by atoms with Crippen LogP contribution in [-0.4, -0.2) is 155 Å². The third-order valence-electron chi connectivity index (χ3n) is 11.6. The third-order valence-corrected chi connectivity index (χ3v) is 17.1. The molecule has 77 heavy (non-hydrogen) atoms. The van der Waals surface area contributed by atoms with Gasteiger partial charge in [-0.25, -0.2) is 4.79 Å². The average molecular weight is 1160 g/mol. The maximum absolute atomic E-state index is 12.4. The highest BCUT2D eigenvalue weighted by atomic mass is 33.1. The van der Waals surface area contributed by atoms with E-state index in [2.05, 4.69) is 41.3 Å². The molecule has 432 valence electrons. The van der Waals surface area contributed by atoms with E-state index in [0.717, 1.165) is 61.5 Å². The number of esters is 2. The smallest absolute Gasteiger partial charge is 0.335 e. The number of hydroxylamine groups is 2. The van der Waals surface area contributed by atoms with E-state index in [4.69, 9.17) is 41.9 Å². The Morgan fingerprint density at radius 2 is 0.987 bits per heavy atom. The van der Waals surface area contributed by atoms with Crippen LogP contribution in [0.15, 0.2) is 10.2 Å². The summed E-state index contributed by atoms with van der Waals surface area (Å²) in [5.41, 5.74) is 28.8. The van der Waals surface area contributed by atoms with Crippen LogP contribution in [0.5, 0.6) is 0 Å². The molecule has 31 heteroatoms. The Morgan fingerprint density at radius 3 is 1.39 bits per heavy atom. The predicted octanol–water partition coefficient (Wildman–Crippen LogP) is 4.56. The monoisotopic (exact) mass is 1160 g/mol. The lowest BCUT2D eigenvalue weighted by Crippen LogP contribution is -2.42. The standard InChI is InChI=1S/C25H39N7O8S2.C21H36N6O6S2/c26-25(16-41-42-17-25)11-3-5-12-28-19(33)7-10-23(37)39-15-18(30-20(34)6-2-1-4-13-29-31-27)14-24(38)40-32-21(35)8-9-22(32)36;22-21(14-34-35-15-21)9-3-5-10-24-17(28)7-8-20(32)33-13-16(12-19(30)31)26-18(29)6-2-1-4-11-25-27-23/h18H,1-17,26H2,(H,28,33)(H,30,34);16H,1-15,22H2,(H,24,28)(H,26,29)(H,30,31)/t18-;16-/m00/s1. The first kappa shape index (κ1) is 67.9. The Balaban J connectivity index is 0.000000536. The summed E-state index contributed by atoms with van der Waals surface area (Å²) in [6, 6.07) is -1.84. The van der Waals surface area contributed by atoms with Crippen molar-refractivity contribution in [2.75, 3.05) is 62.4 Å². The minimum atomic E-state index is -1.13. The molecule has 0 aliphatic carbocycles. The van der Waals surface area contributed by atoms with Crippen molar-refractivity contribution in [2.45, 2.75) is 164 Å². The van der Waals surface area contributed by atoms with Gasteiger partial charge in [-0.15, -0.1) is 5.06 Å². The quantitative estimate of drug-likeness (QED) is 0.00843. The molecule has 0 aromatic heterocycles. The van der Waals surface area contributed by atoms with E-state index in [-0.39, 0.29) is 93.4 Å². The van der Waals surface area contributed by atoms with Gasteiger partial charge in [0.05, 0.1) is 37.8 Å². The van der Waals surface area contributed by atoms with Crippen molar-refractivity contribution >= 4 is 102 Å². The minimum absolute atomic E-state index is 0.0290. The largest absolute Gasteiger partial charge is 0.481 e. The maximum Gasteiger partial charge on any atom is 0.335 e. The van der Waals surface area contributed by atoms with Gasteiger partial charge in [0.1, 0.15) is 13.2 Å². The summed E-state index contributed by atoms with van der Waals surface area (Å²) < 4.78 is 10.3. The number of imide groups is 1. The lowest BCUT2D eigenvalue weighted by molar-refractivity contribution is -0.198. The molecule has 6 amide bonds. The number of hydrogen-bond acceptors (Lipinski definition) is 21. The molecule has 0 saturated carbocycles. The van der Waals surface area contributed by atoms with Crippen molar-refractivity contribution < 1.29 is 67.4 Å². The summed E-state index contributed by atoms with van der Waals surface area (Å²) in [4.78, 5) is 130. The fourth-order valence-corrected chi connectivity index (χ4v) is 13.6. The number of amides is 6. The molecule has 2 atom stereocenters. The first-order chi connectivity index (χ1) is 36.9. The zero-order valence-corrected chi connectivity index (χ0v) is 46.7. The van der Waals surface area contributed by atoms with Crippen LogP contribution >= 0.6 is 43.2 Å². The number of rotatable bonds is 39. The second kappa shape index (κ2) is 40.1. The van der Waals surface area contributed by atoms with Crippen molar-refractivity contribution in [3.05, 3.63) is 20.9 Å². The number of unbranched alkanes of at least 4 members (excludes halogenated alkanes) is 6. The van der Waals surface area contributed by atoms with E-state index in [1.807, 2.05) is 0 Å². The Hall–Kier alpha value is -5.16. The number of azide groups is 2. The molecule has 0 unspecified atom stereocenters. The topological polar surface area (TPSA) is 420 Å². The number of carbonyl (C=O) groups excluding carboxylic acids is 9. The molecule has 0 spiro atoms.